The Balaban J connectivity index is 1.59. The number of hydrogen-bond donors (Lipinski definition) is 1. The molecule has 1 saturated heterocycles. The number of hydrazone groups is 1. The number of carbonyl (C=O) groups is 1. The van der Waals surface area contributed by atoms with Crippen LogP contribution in [0.1, 0.15) is 15.9 Å². The Morgan fingerprint density at radius 3 is 2.52 bits per heavy atom. The summed E-state index contributed by atoms with van der Waals surface area (Å²) in [6.45, 7) is 3.29. The highest BCUT2D eigenvalue weighted by molar-refractivity contribution is 6.36. The van der Waals surface area contributed by atoms with Crippen molar-refractivity contribution in [3.05, 3.63) is 63.6 Å². The van der Waals surface area contributed by atoms with Crippen LogP contribution in [0.5, 0.6) is 0 Å². The molecule has 0 unspecified atom stereocenters. The van der Waals surface area contributed by atoms with Gasteiger partial charge in [-0.25, -0.2) is 5.43 Å². The van der Waals surface area contributed by atoms with E-state index < -0.39 is 0 Å². The zero-order valence-corrected chi connectivity index (χ0v) is 14.9. The number of nitrogens with one attached hydrogen (secondary N) is 1. The monoisotopic (exact) mass is 377 g/mol. The third-order valence-electron chi connectivity index (χ3n) is 3.82. The van der Waals surface area contributed by atoms with Crippen molar-refractivity contribution >= 4 is 41.0 Å². The molecule has 25 heavy (non-hydrogen) atoms. The molecule has 5 nitrogen and oxygen atoms in total. The maximum Gasteiger partial charge on any atom is 0.272 e. The molecule has 1 N–H and O–H groups in total. The van der Waals surface area contributed by atoms with Crippen molar-refractivity contribution in [2.24, 2.45) is 5.10 Å². The van der Waals surface area contributed by atoms with E-state index >= 15 is 0 Å². The minimum atomic E-state index is -0.386. The van der Waals surface area contributed by atoms with E-state index in [0.717, 1.165) is 37.6 Å². The summed E-state index contributed by atoms with van der Waals surface area (Å²) < 4.78 is 5.35. The maximum atomic E-state index is 12.1. The van der Waals surface area contributed by atoms with Crippen molar-refractivity contribution in [3.63, 3.8) is 0 Å². The summed E-state index contributed by atoms with van der Waals surface area (Å²) in [5.41, 5.74) is 4.83. The molecule has 0 bridgehead atoms. The van der Waals surface area contributed by atoms with Crippen LogP contribution in [-0.4, -0.2) is 38.4 Å². The van der Waals surface area contributed by atoms with Crippen LogP contribution in [0.3, 0.4) is 0 Å². The molecule has 0 saturated carbocycles. The van der Waals surface area contributed by atoms with Crippen molar-refractivity contribution in [3.8, 4) is 0 Å². The third-order valence-corrected chi connectivity index (χ3v) is 4.37. The highest BCUT2D eigenvalue weighted by Crippen LogP contribution is 2.20. The summed E-state index contributed by atoms with van der Waals surface area (Å²) in [6.07, 6.45) is 1.59. The molecular weight excluding hydrogens is 361 g/mol. The van der Waals surface area contributed by atoms with E-state index in [4.69, 9.17) is 27.9 Å². The molecule has 1 aliphatic rings. The molecule has 1 aliphatic heterocycles. The topological polar surface area (TPSA) is 53.9 Å². The van der Waals surface area contributed by atoms with Crippen LogP contribution >= 0.6 is 23.2 Å². The second-order valence-electron chi connectivity index (χ2n) is 5.51. The van der Waals surface area contributed by atoms with E-state index in [2.05, 4.69) is 15.4 Å². The quantitative estimate of drug-likeness (QED) is 0.654. The largest absolute Gasteiger partial charge is 0.378 e. The lowest BCUT2D eigenvalue weighted by Gasteiger charge is -2.28. The van der Waals surface area contributed by atoms with Gasteiger partial charge in [-0.3, -0.25) is 4.79 Å². The first-order chi connectivity index (χ1) is 12.1. The molecule has 3 rings (SSSR count). The van der Waals surface area contributed by atoms with Crippen LogP contribution in [0.25, 0.3) is 0 Å². The molecule has 2 aromatic carbocycles. The predicted molar refractivity (Wildman–Crippen MR) is 101 cm³/mol. The number of ether oxygens (including phenoxy) is 1. The summed E-state index contributed by atoms with van der Waals surface area (Å²) in [5.74, 6) is -0.386. The van der Waals surface area contributed by atoms with E-state index in [1.165, 1.54) is 6.07 Å². The van der Waals surface area contributed by atoms with Gasteiger partial charge in [0.05, 0.1) is 30.0 Å². The Morgan fingerprint density at radius 2 is 1.84 bits per heavy atom. The van der Waals surface area contributed by atoms with Gasteiger partial charge >= 0.3 is 0 Å². The Hall–Kier alpha value is -2.08. The standard InChI is InChI=1S/C18H17Cl2N3O2/c19-14-3-6-16(17(20)11-14)18(24)22-21-12-13-1-4-15(5-2-13)23-7-9-25-10-8-23/h1-6,11-12H,7-10H2,(H,22,24)/b21-12-. The van der Waals surface area contributed by atoms with Crippen LogP contribution in [0.4, 0.5) is 5.69 Å². The predicted octanol–water partition coefficient (Wildman–Crippen LogP) is 3.59. The third kappa shape index (κ3) is 4.72. The first-order valence-corrected chi connectivity index (χ1v) is 8.60. The van der Waals surface area contributed by atoms with Gasteiger partial charge in [-0.2, -0.15) is 5.10 Å². The fraction of sp³-hybridized carbons (Fsp3) is 0.222. The molecule has 1 fully saturated rings. The van der Waals surface area contributed by atoms with Gasteiger partial charge in [0.25, 0.3) is 5.91 Å². The van der Waals surface area contributed by atoms with E-state index in [9.17, 15) is 4.79 Å². The molecule has 7 heteroatoms. The zero-order chi connectivity index (χ0) is 17.6. The molecule has 0 aliphatic carbocycles. The molecule has 1 amide bonds. The molecule has 0 aromatic heterocycles. The Kier molecular flexibility index (Phi) is 5.91. The smallest absolute Gasteiger partial charge is 0.272 e. The van der Waals surface area contributed by atoms with Gasteiger partial charge in [0.1, 0.15) is 0 Å². The fourth-order valence-corrected chi connectivity index (χ4v) is 2.99. The Bertz CT molecular complexity index is 772. The van der Waals surface area contributed by atoms with Gasteiger partial charge in [-0.15, -0.1) is 0 Å². The lowest BCUT2D eigenvalue weighted by molar-refractivity contribution is 0.0955. The lowest BCUT2D eigenvalue weighted by atomic mass is 10.2. The van der Waals surface area contributed by atoms with Gasteiger partial charge in [-0.05, 0) is 35.9 Å². The number of anilines is 1. The van der Waals surface area contributed by atoms with Crippen molar-refractivity contribution in [1.29, 1.82) is 0 Å². The number of amides is 1. The van der Waals surface area contributed by atoms with E-state index in [1.807, 2.05) is 24.3 Å². The van der Waals surface area contributed by atoms with E-state index in [0.29, 0.717) is 10.6 Å². The first-order valence-electron chi connectivity index (χ1n) is 7.85. The molecule has 130 valence electrons. The number of carbonyl (C=O) groups excluding carboxylic acids is 1. The highest BCUT2D eigenvalue weighted by atomic mass is 35.5. The maximum absolute atomic E-state index is 12.1. The minimum Gasteiger partial charge on any atom is -0.378 e. The van der Waals surface area contributed by atoms with Crippen LogP contribution in [0.2, 0.25) is 10.0 Å². The minimum absolute atomic E-state index is 0.287. The van der Waals surface area contributed by atoms with Crippen molar-refractivity contribution in [2.75, 3.05) is 31.2 Å². The fourth-order valence-electron chi connectivity index (χ4n) is 2.49. The molecule has 0 spiro atoms. The summed E-state index contributed by atoms with van der Waals surface area (Å²) in [5, 5.41) is 4.74. The highest BCUT2D eigenvalue weighted by Gasteiger charge is 2.11. The van der Waals surface area contributed by atoms with Crippen molar-refractivity contribution in [1.82, 2.24) is 5.43 Å². The average molecular weight is 378 g/mol. The number of morpholine rings is 1. The van der Waals surface area contributed by atoms with Crippen LogP contribution in [-0.2, 0) is 4.74 Å². The van der Waals surface area contributed by atoms with Crippen molar-refractivity contribution < 1.29 is 9.53 Å². The number of rotatable bonds is 4. The lowest BCUT2D eigenvalue weighted by Crippen LogP contribution is -2.36. The van der Waals surface area contributed by atoms with Gasteiger partial charge in [0.2, 0.25) is 0 Å². The molecular formula is C18H17Cl2N3O2. The number of halogens is 2. The second-order valence-corrected chi connectivity index (χ2v) is 6.36. The van der Waals surface area contributed by atoms with E-state index in [-0.39, 0.29) is 10.9 Å². The van der Waals surface area contributed by atoms with Gasteiger partial charge in [0, 0.05) is 23.8 Å². The Labute approximate surface area is 156 Å². The zero-order valence-electron chi connectivity index (χ0n) is 13.4. The Morgan fingerprint density at radius 1 is 1.12 bits per heavy atom. The number of hydrogen-bond acceptors (Lipinski definition) is 4. The van der Waals surface area contributed by atoms with Gasteiger partial charge in [0.15, 0.2) is 0 Å². The van der Waals surface area contributed by atoms with Gasteiger partial charge < -0.3 is 9.64 Å². The summed E-state index contributed by atoms with van der Waals surface area (Å²) in [6, 6.07) is 12.7. The first kappa shape index (κ1) is 17.7. The molecule has 0 atom stereocenters. The summed E-state index contributed by atoms with van der Waals surface area (Å²) in [4.78, 5) is 14.3. The van der Waals surface area contributed by atoms with Crippen LogP contribution < -0.4 is 10.3 Å². The summed E-state index contributed by atoms with van der Waals surface area (Å²) in [7, 11) is 0. The number of nitrogens with zero attached hydrogens (tertiary/aromatic N) is 2. The van der Waals surface area contributed by atoms with Gasteiger partial charge in [-0.1, -0.05) is 35.3 Å². The van der Waals surface area contributed by atoms with Crippen LogP contribution in [0.15, 0.2) is 47.6 Å². The summed E-state index contributed by atoms with van der Waals surface area (Å²) >= 11 is 11.8. The molecule has 0 radical (unpaired) electrons. The second kappa shape index (κ2) is 8.34. The SMILES string of the molecule is O=C(N/N=C\c1ccc(N2CCOCC2)cc1)c1ccc(Cl)cc1Cl. The van der Waals surface area contributed by atoms with E-state index in [1.54, 1.807) is 18.3 Å². The molecule has 1 heterocycles. The molecule has 2 aromatic rings. The average Bonchev–Trinajstić information content (AvgIpc) is 2.63. The van der Waals surface area contributed by atoms with Crippen molar-refractivity contribution in [2.45, 2.75) is 0 Å². The number of benzene rings is 2. The normalized spacial score (nSPS) is 14.7. The van der Waals surface area contributed by atoms with Crippen LogP contribution in [0, 0.1) is 0 Å².